The van der Waals surface area contributed by atoms with Gasteiger partial charge in [-0.3, -0.25) is 13.9 Å². The molecule has 0 bridgehead atoms. The molecule has 1 aliphatic heterocycles. The molecule has 1 fully saturated rings. The molecule has 3 aromatic rings. The number of hydrogen-bond acceptors (Lipinski definition) is 5. The maximum Gasteiger partial charge on any atom is 0.332 e. The van der Waals surface area contributed by atoms with Gasteiger partial charge in [0.25, 0.3) is 5.56 Å². The van der Waals surface area contributed by atoms with Crippen LogP contribution in [0.2, 0.25) is 5.15 Å². The van der Waals surface area contributed by atoms with E-state index in [0.29, 0.717) is 18.8 Å². The molecule has 0 aliphatic carbocycles. The zero-order chi connectivity index (χ0) is 19.7. The first-order valence-electron chi connectivity index (χ1n) is 9.51. The molecule has 146 valence electrons. The number of aromatic nitrogens is 4. The Morgan fingerprint density at radius 2 is 1.71 bits per heavy atom. The molecule has 7 nitrogen and oxygen atoms in total. The average molecular weight is 400 g/mol. The van der Waals surface area contributed by atoms with Crippen molar-refractivity contribution in [3.05, 3.63) is 56.3 Å². The molecule has 0 amide bonds. The van der Waals surface area contributed by atoms with E-state index in [-0.39, 0.29) is 16.3 Å². The number of piperidine rings is 1. The van der Waals surface area contributed by atoms with Crippen LogP contribution in [0.15, 0.2) is 39.9 Å². The van der Waals surface area contributed by atoms with Crippen LogP contribution in [0.4, 0.5) is 0 Å². The van der Waals surface area contributed by atoms with Gasteiger partial charge in [0, 0.05) is 25.7 Å². The lowest BCUT2D eigenvalue weighted by Gasteiger charge is -2.26. The summed E-state index contributed by atoms with van der Waals surface area (Å²) in [6, 6.07) is 9.35. The molecule has 28 heavy (non-hydrogen) atoms. The summed E-state index contributed by atoms with van der Waals surface area (Å²) in [6.07, 6.45) is 3.57. The fourth-order valence-corrected chi connectivity index (χ4v) is 3.90. The van der Waals surface area contributed by atoms with Crippen LogP contribution in [-0.2, 0) is 13.6 Å². The van der Waals surface area contributed by atoms with Crippen LogP contribution in [0, 0.1) is 0 Å². The Balaban J connectivity index is 1.79. The van der Waals surface area contributed by atoms with Crippen molar-refractivity contribution in [2.75, 3.05) is 19.6 Å². The summed E-state index contributed by atoms with van der Waals surface area (Å²) in [5.74, 6) is 0. The molecule has 0 N–H and O–H groups in total. The van der Waals surface area contributed by atoms with Gasteiger partial charge in [0.15, 0.2) is 16.3 Å². The highest BCUT2D eigenvalue weighted by Gasteiger charge is 2.18. The monoisotopic (exact) mass is 399 g/mol. The van der Waals surface area contributed by atoms with E-state index in [4.69, 9.17) is 11.6 Å². The Morgan fingerprint density at radius 3 is 2.43 bits per heavy atom. The van der Waals surface area contributed by atoms with Gasteiger partial charge in [0.1, 0.15) is 5.69 Å². The Morgan fingerprint density at radius 1 is 1.00 bits per heavy atom. The lowest BCUT2D eigenvalue weighted by atomic mass is 10.1. The van der Waals surface area contributed by atoms with Crippen molar-refractivity contribution in [2.45, 2.75) is 25.8 Å². The normalized spacial score (nSPS) is 15.2. The molecule has 1 aliphatic rings. The predicted octanol–water partition coefficient (Wildman–Crippen LogP) is 2.30. The van der Waals surface area contributed by atoms with Gasteiger partial charge in [-0.2, -0.15) is 0 Å². The van der Waals surface area contributed by atoms with E-state index in [1.54, 1.807) is 7.05 Å². The second-order valence-corrected chi connectivity index (χ2v) is 7.46. The van der Waals surface area contributed by atoms with Crippen molar-refractivity contribution in [1.82, 2.24) is 24.0 Å². The van der Waals surface area contributed by atoms with Crippen LogP contribution in [0.3, 0.4) is 0 Å². The van der Waals surface area contributed by atoms with Crippen molar-refractivity contribution < 1.29 is 0 Å². The van der Waals surface area contributed by atoms with Crippen molar-refractivity contribution in [2.24, 2.45) is 7.05 Å². The van der Waals surface area contributed by atoms with Gasteiger partial charge in [-0.25, -0.2) is 14.8 Å². The van der Waals surface area contributed by atoms with E-state index in [1.165, 1.54) is 15.6 Å². The first-order chi connectivity index (χ1) is 13.6. The average Bonchev–Trinajstić information content (AvgIpc) is 2.73. The lowest BCUT2D eigenvalue weighted by Crippen LogP contribution is -2.43. The minimum atomic E-state index is -0.420. The van der Waals surface area contributed by atoms with E-state index >= 15 is 0 Å². The topological polar surface area (TPSA) is 73.0 Å². The number of likely N-dealkylation sites (tertiary alicyclic amines) is 1. The summed E-state index contributed by atoms with van der Waals surface area (Å²) in [6.45, 7) is 3.03. The zero-order valence-electron chi connectivity index (χ0n) is 15.8. The summed E-state index contributed by atoms with van der Waals surface area (Å²) in [7, 11) is 1.59. The van der Waals surface area contributed by atoms with E-state index in [1.807, 2.05) is 30.3 Å². The first kappa shape index (κ1) is 18.8. The summed E-state index contributed by atoms with van der Waals surface area (Å²) < 4.78 is 2.61. The van der Waals surface area contributed by atoms with Gasteiger partial charge < -0.3 is 4.90 Å². The number of fused-ring (bicyclic) bond motifs is 1. The van der Waals surface area contributed by atoms with Crippen LogP contribution in [0.1, 0.15) is 19.3 Å². The highest BCUT2D eigenvalue weighted by molar-refractivity contribution is 6.32. The van der Waals surface area contributed by atoms with E-state index in [2.05, 4.69) is 14.9 Å². The van der Waals surface area contributed by atoms with Crippen molar-refractivity contribution >= 4 is 22.8 Å². The van der Waals surface area contributed by atoms with Crippen LogP contribution in [0.25, 0.3) is 22.4 Å². The van der Waals surface area contributed by atoms with Crippen molar-refractivity contribution in [1.29, 1.82) is 0 Å². The quantitative estimate of drug-likeness (QED) is 0.673. The van der Waals surface area contributed by atoms with Crippen molar-refractivity contribution in [3.8, 4) is 11.3 Å². The number of hydrogen-bond donors (Lipinski definition) is 0. The number of halogens is 1. The third kappa shape index (κ3) is 3.47. The largest absolute Gasteiger partial charge is 0.332 e. The Labute approximate surface area is 167 Å². The van der Waals surface area contributed by atoms with Gasteiger partial charge in [-0.05, 0) is 25.9 Å². The van der Waals surface area contributed by atoms with Gasteiger partial charge >= 0.3 is 5.69 Å². The second-order valence-electron chi connectivity index (χ2n) is 7.10. The van der Waals surface area contributed by atoms with Gasteiger partial charge in [-0.1, -0.05) is 48.4 Å². The second kappa shape index (κ2) is 7.85. The van der Waals surface area contributed by atoms with Crippen molar-refractivity contribution in [3.63, 3.8) is 0 Å². The van der Waals surface area contributed by atoms with E-state index in [9.17, 15) is 9.59 Å². The first-order valence-corrected chi connectivity index (χ1v) is 9.89. The van der Waals surface area contributed by atoms with Gasteiger partial charge in [-0.15, -0.1) is 0 Å². The molecule has 1 saturated heterocycles. The maximum atomic E-state index is 13.1. The maximum absolute atomic E-state index is 13.1. The number of benzene rings is 1. The lowest BCUT2D eigenvalue weighted by molar-refractivity contribution is 0.218. The fraction of sp³-hybridized carbons (Fsp3) is 0.400. The number of rotatable bonds is 4. The number of nitrogens with zero attached hydrogens (tertiary/aromatic N) is 5. The van der Waals surface area contributed by atoms with Crippen LogP contribution >= 0.6 is 11.6 Å². The molecule has 0 saturated carbocycles. The third-order valence-corrected chi connectivity index (χ3v) is 5.52. The summed E-state index contributed by atoms with van der Waals surface area (Å²) >= 11 is 6.31. The summed E-state index contributed by atoms with van der Waals surface area (Å²) in [4.78, 5) is 36.9. The number of aryl methyl sites for hydroxylation is 1. The van der Waals surface area contributed by atoms with E-state index < -0.39 is 11.2 Å². The van der Waals surface area contributed by atoms with Crippen LogP contribution < -0.4 is 11.2 Å². The molecule has 4 rings (SSSR count). The summed E-state index contributed by atoms with van der Waals surface area (Å²) in [5.41, 5.74) is 0.754. The smallest absolute Gasteiger partial charge is 0.302 e. The molecule has 0 radical (unpaired) electrons. The summed E-state index contributed by atoms with van der Waals surface area (Å²) in [5, 5.41) is 0.166. The van der Waals surface area contributed by atoms with Crippen LogP contribution in [-0.4, -0.2) is 43.6 Å². The molecule has 0 spiro atoms. The SMILES string of the molecule is Cn1c(=O)n(CCN2CCCCC2)c(=O)c2nc(-c3ccccc3)c(Cl)nc21. The zero-order valence-corrected chi connectivity index (χ0v) is 16.5. The molecule has 2 aromatic heterocycles. The highest BCUT2D eigenvalue weighted by atomic mass is 35.5. The molecule has 0 unspecified atom stereocenters. The molecule has 8 heteroatoms. The minimum absolute atomic E-state index is 0.156. The Hall–Kier alpha value is -2.51. The van der Waals surface area contributed by atoms with E-state index in [0.717, 1.165) is 31.5 Å². The fourth-order valence-electron chi connectivity index (χ4n) is 3.67. The predicted molar refractivity (Wildman–Crippen MR) is 110 cm³/mol. The minimum Gasteiger partial charge on any atom is -0.302 e. The molecular formula is C20H22ClN5O2. The van der Waals surface area contributed by atoms with Crippen LogP contribution in [0.5, 0.6) is 0 Å². The standard InChI is InChI=1S/C20H22ClN5O2/c1-24-18-16(22-15(17(21)23-18)14-8-4-2-5-9-14)19(27)26(20(24)28)13-12-25-10-6-3-7-11-25/h2,4-5,8-9H,3,6-7,10-13H2,1H3. The molecule has 0 atom stereocenters. The van der Waals surface area contributed by atoms with Gasteiger partial charge in [0.05, 0.1) is 0 Å². The van der Waals surface area contributed by atoms with Gasteiger partial charge in [0.2, 0.25) is 0 Å². The molecule has 1 aromatic carbocycles. The molecule has 3 heterocycles. The third-order valence-electron chi connectivity index (χ3n) is 5.25. The Kier molecular flexibility index (Phi) is 5.28. The Bertz CT molecular complexity index is 1120. The highest BCUT2D eigenvalue weighted by Crippen LogP contribution is 2.25. The molecular weight excluding hydrogens is 378 g/mol.